The number of nitrogens with one attached hydrogen (secondary N) is 1. The van der Waals surface area contributed by atoms with Gasteiger partial charge in [0.05, 0.1) is 0 Å². The maximum absolute atomic E-state index is 4.29. The molecule has 90 valence electrons. The van der Waals surface area contributed by atoms with Crippen molar-refractivity contribution in [1.29, 1.82) is 0 Å². The van der Waals surface area contributed by atoms with Crippen LogP contribution in [0.1, 0.15) is 31.4 Å². The van der Waals surface area contributed by atoms with Gasteiger partial charge in [-0.25, -0.2) is 9.97 Å². The van der Waals surface area contributed by atoms with E-state index < -0.39 is 0 Å². The van der Waals surface area contributed by atoms with E-state index in [1.54, 1.807) is 6.20 Å². The Morgan fingerprint density at radius 3 is 2.81 bits per heavy atom. The van der Waals surface area contributed by atoms with Crippen molar-refractivity contribution in [3.05, 3.63) is 18.0 Å². The van der Waals surface area contributed by atoms with Crippen molar-refractivity contribution in [2.45, 2.75) is 32.6 Å². The molecule has 0 fully saturated rings. The van der Waals surface area contributed by atoms with E-state index >= 15 is 0 Å². The molecule has 1 aromatic rings. The van der Waals surface area contributed by atoms with Crippen LogP contribution in [0, 0.1) is 6.92 Å². The number of anilines is 1. The first kappa shape index (κ1) is 13.3. The van der Waals surface area contributed by atoms with Crippen molar-refractivity contribution in [3.8, 4) is 0 Å². The minimum Gasteiger partial charge on any atom is -0.354 e. The molecule has 0 unspecified atom stereocenters. The molecule has 0 amide bonds. The van der Waals surface area contributed by atoms with Crippen LogP contribution < -0.4 is 5.32 Å². The van der Waals surface area contributed by atoms with E-state index in [1.165, 1.54) is 31.4 Å². The number of nitrogens with zero attached hydrogens (tertiary/aromatic N) is 2. The highest BCUT2D eigenvalue weighted by Crippen LogP contribution is 2.05. The summed E-state index contributed by atoms with van der Waals surface area (Å²) in [5, 5.41) is 3.25. The van der Waals surface area contributed by atoms with E-state index in [-0.39, 0.29) is 0 Å². The van der Waals surface area contributed by atoms with E-state index in [9.17, 15) is 0 Å². The molecule has 0 radical (unpaired) electrons. The lowest BCUT2D eigenvalue weighted by atomic mass is 10.2. The van der Waals surface area contributed by atoms with E-state index in [0.717, 1.165) is 18.2 Å². The third kappa shape index (κ3) is 5.95. The van der Waals surface area contributed by atoms with Crippen molar-refractivity contribution in [3.63, 3.8) is 0 Å². The minimum absolute atomic E-state index is 0.754. The third-order valence-corrected chi connectivity index (χ3v) is 3.05. The van der Waals surface area contributed by atoms with Crippen molar-refractivity contribution < 1.29 is 0 Å². The largest absolute Gasteiger partial charge is 0.354 e. The summed E-state index contributed by atoms with van der Waals surface area (Å²) in [6, 6.07) is 1.91. The lowest BCUT2D eigenvalue weighted by molar-refractivity contribution is 0.687. The Balaban J connectivity index is 2.03. The van der Waals surface area contributed by atoms with Crippen molar-refractivity contribution in [2.24, 2.45) is 0 Å². The lowest BCUT2D eigenvalue weighted by Gasteiger charge is -2.04. The summed E-state index contributed by atoms with van der Waals surface area (Å²) in [5.41, 5.74) is 1.01. The third-order valence-electron chi connectivity index (χ3n) is 2.35. The Bertz CT molecular complexity index is 291. The summed E-state index contributed by atoms with van der Waals surface area (Å²) in [4.78, 5) is 8.46. The molecule has 3 nitrogen and oxygen atoms in total. The average Bonchev–Trinajstić information content (AvgIpc) is 2.28. The molecule has 1 rings (SSSR count). The zero-order valence-electron chi connectivity index (χ0n) is 10.2. The smallest absolute Gasteiger partial charge is 0.222 e. The van der Waals surface area contributed by atoms with Crippen molar-refractivity contribution >= 4 is 17.7 Å². The van der Waals surface area contributed by atoms with Crippen LogP contribution in [-0.4, -0.2) is 28.5 Å². The summed E-state index contributed by atoms with van der Waals surface area (Å²) in [7, 11) is 0. The predicted octanol–water partition coefficient (Wildman–Crippen LogP) is 3.12. The Morgan fingerprint density at radius 1 is 1.25 bits per heavy atom. The monoisotopic (exact) mass is 239 g/mol. The first-order chi connectivity index (χ1) is 7.83. The van der Waals surface area contributed by atoms with Crippen LogP contribution in [-0.2, 0) is 0 Å². The summed E-state index contributed by atoms with van der Waals surface area (Å²) in [5.74, 6) is 2.04. The molecule has 4 heteroatoms. The topological polar surface area (TPSA) is 37.8 Å². The lowest BCUT2D eigenvalue weighted by Crippen LogP contribution is -2.05. The second kappa shape index (κ2) is 8.39. The molecular weight excluding hydrogens is 218 g/mol. The van der Waals surface area contributed by atoms with Crippen molar-refractivity contribution in [1.82, 2.24) is 9.97 Å². The Morgan fingerprint density at radius 2 is 2.06 bits per heavy atom. The number of hydrogen-bond donors (Lipinski definition) is 1. The number of aromatic nitrogens is 2. The molecule has 0 aliphatic rings. The van der Waals surface area contributed by atoms with Crippen LogP contribution in [0.2, 0.25) is 0 Å². The SMILES string of the molecule is CSCCCCCCNc1nccc(C)n1. The van der Waals surface area contributed by atoms with Gasteiger partial charge in [-0.2, -0.15) is 11.8 Å². The highest BCUT2D eigenvalue weighted by Gasteiger charge is 1.95. The van der Waals surface area contributed by atoms with E-state index in [0.29, 0.717) is 0 Å². The molecular formula is C12H21N3S. The molecule has 0 atom stereocenters. The molecule has 1 N–H and O–H groups in total. The highest BCUT2D eigenvalue weighted by atomic mass is 32.2. The molecule has 0 bridgehead atoms. The molecule has 0 spiro atoms. The fourth-order valence-electron chi connectivity index (χ4n) is 1.46. The molecule has 0 aliphatic heterocycles. The zero-order chi connectivity index (χ0) is 11.6. The predicted molar refractivity (Wildman–Crippen MR) is 72.1 cm³/mol. The van der Waals surface area contributed by atoms with Gasteiger partial charge in [-0.15, -0.1) is 0 Å². The van der Waals surface area contributed by atoms with E-state index in [1.807, 2.05) is 24.8 Å². The van der Waals surface area contributed by atoms with Crippen LogP contribution in [0.4, 0.5) is 5.95 Å². The second-order valence-electron chi connectivity index (χ2n) is 3.86. The minimum atomic E-state index is 0.754. The van der Waals surface area contributed by atoms with Gasteiger partial charge in [-0.05, 0) is 37.8 Å². The van der Waals surface area contributed by atoms with Crippen LogP contribution in [0.5, 0.6) is 0 Å². The Labute approximate surface area is 102 Å². The molecule has 16 heavy (non-hydrogen) atoms. The van der Waals surface area contributed by atoms with Gasteiger partial charge in [0.2, 0.25) is 5.95 Å². The standard InChI is InChI=1S/C12H21N3S/c1-11-7-9-14-12(15-11)13-8-5-3-4-6-10-16-2/h7,9H,3-6,8,10H2,1-2H3,(H,13,14,15). The van der Waals surface area contributed by atoms with Gasteiger partial charge in [0, 0.05) is 18.4 Å². The fourth-order valence-corrected chi connectivity index (χ4v) is 1.95. The summed E-state index contributed by atoms with van der Waals surface area (Å²) in [6.07, 6.45) is 9.12. The normalized spacial score (nSPS) is 10.4. The highest BCUT2D eigenvalue weighted by molar-refractivity contribution is 7.98. The van der Waals surface area contributed by atoms with Gasteiger partial charge < -0.3 is 5.32 Å². The van der Waals surface area contributed by atoms with Crippen LogP contribution in [0.15, 0.2) is 12.3 Å². The van der Waals surface area contributed by atoms with Gasteiger partial charge in [0.1, 0.15) is 0 Å². The van der Waals surface area contributed by atoms with Crippen LogP contribution >= 0.6 is 11.8 Å². The second-order valence-corrected chi connectivity index (χ2v) is 4.84. The van der Waals surface area contributed by atoms with Gasteiger partial charge in [-0.3, -0.25) is 0 Å². The Hall–Kier alpha value is -0.770. The average molecular weight is 239 g/mol. The number of hydrogen-bond acceptors (Lipinski definition) is 4. The number of aryl methyl sites for hydroxylation is 1. The summed E-state index contributed by atoms with van der Waals surface area (Å²) >= 11 is 1.93. The van der Waals surface area contributed by atoms with E-state index in [2.05, 4.69) is 21.5 Å². The fraction of sp³-hybridized carbons (Fsp3) is 0.667. The number of unbranched alkanes of at least 4 members (excludes halogenated alkanes) is 3. The van der Waals surface area contributed by atoms with Gasteiger partial charge in [-0.1, -0.05) is 12.8 Å². The van der Waals surface area contributed by atoms with Gasteiger partial charge in [0.25, 0.3) is 0 Å². The molecule has 0 saturated heterocycles. The van der Waals surface area contributed by atoms with Gasteiger partial charge >= 0.3 is 0 Å². The van der Waals surface area contributed by atoms with Crippen LogP contribution in [0.3, 0.4) is 0 Å². The molecule has 1 aromatic heterocycles. The van der Waals surface area contributed by atoms with Crippen LogP contribution in [0.25, 0.3) is 0 Å². The quantitative estimate of drug-likeness (QED) is 0.707. The zero-order valence-corrected chi connectivity index (χ0v) is 11.0. The first-order valence-corrected chi connectivity index (χ1v) is 7.25. The van der Waals surface area contributed by atoms with Crippen molar-refractivity contribution in [2.75, 3.05) is 23.9 Å². The molecule has 0 aliphatic carbocycles. The molecule has 0 saturated carbocycles. The summed E-state index contributed by atoms with van der Waals surface area (Å²) in [6.45, 7) is 2.96. The van der Waals surface area contributed by atoms with E-state index in [4.69, 9.17) is 0 Å². The number of thioether (sulfide) groups is 1. The Kier molecular flexibility index (Phi) is 6.97. The summed E-state index contributed by atoms with van der Waals surface area (Å²) < 4.78 is 0. The maximum Gasteiger partial charge on any atom is 0.222 e. The first-order valence-electron chi connectivity index (χ1n) is 5.85. The maximum atomic E-state index is 4.29. The molecule has 0 aromatic carbocycles. The van der Waals surface area contributed by atoms with Gasteiger partial charge in [0.15, 0.2) is 0 Å². The number of rotatable bonds is 8. The molecule has 1 heterocycles.